The zero-order valence-corrected chi connectivity index (χ0v) is 17.6. The van der Waals surface area contributed by atoms with Gasteiger partial charge in [0.15, 0.2) is 0 Å². The first-order valence-electron chi connectivity index (χ1n) is 10.4. The molecule has 0 radical (unpaired) electrons. The second-order valence-corrected chi connectivity index (χ2v) is 8.26. The first-order chi connectivity index (χ1) is 14.4. The van der Waals surface area contributed by atoms with Gasteiger partial charge >= 0.3 is 0 Å². The van der Waals surface area contributed by atoms with Gasteiger partial charge in [0.05, 0.1) is 18.2 Å². The number of carbonyl (C=O) groups is 3. The van der Waals surface area contributed by atoms with Crippen molar-refractivity contribution in [2.45, 2.75) is 39.2 Å². The predicted molar refractivity (Wildman–Crippen MR) is 114 cm³/mol. The fourth-order valence-corrected chi connectivity index (χ4v) is 4.36. The summed E-state index contributed by atoms with van der Waals surface area (Å²) in [5, 5.41) is 0. The maximum absolute atomic E-state index is 13.7. The van der Waals surface area contributed by atoms with Gasteiger partial charge in [0, 0.05) is 12.2 Å². The Morgan fingerprint density at radius 1 is 1.07 bits per heavy atom. The minimum Gasteiger partial charge on any atom is -0.497 e. The van der Waals surface area contributed by atoms with E-state index in [4.69, 9.17) is 4.74 Å². The molecule has 156 valence electrons. The highest BCUT2D eigenvalue weighted by molar-refractivity contribution is 6.23. The van der Waals surface area contributed by atoms with Crippen LogP contribution in [0.25, 0.3) is 0 Å². The molecule has 3 amide bonds. The Balaban J connectivity index is 1.70. The second kappa shape index (κ2) is 7.94. The fraction of sp³-hybridized carbons (Fsp3) is 0.375. The van der Waals surface area contributed by atoms with E-state index in [0.29, 0.717) is 24.1 Å². The molecule has 0 fully saturated rings. The summed E-state index contributed by atoms with van der Waals surface area (Å²) in [7, 11) is 1.62. The molecule has 0 spiro atoms. The first kappa shape index (κ1) is 20.1. The molecule has 30 heavy (non-hydrogen) atoms. The number of carbonyl (C=O) groups excluding carboxylic acids is 3. The van der Waals surface area contributed by atoms with E-state index in [0.717, 1.165) is 29.8 Å². The third-order valence-corrected chi connectivity index (χ3v) is 5.79. The van der Waals surface area contributed by atoms with E-state index >= 15 is 0 Å². The van der Waals surface area contributed by atoms with Gasteiger partial charge < -0.3 is 9.64 Å². The number of anilines is 1. The number of benzene rings is 2. The highest BCUT2D eigenvalue weighted by Crippen LogP contribution is 2.33. The molecule has 1 atom stereocenters. The number of ether oxygens (including phenoxy) is 1. The first-order valence-corrected chi connectivity index (χ1v) is 10.4. The van der Waals surface area contributed by atoms with Crippen molar-refractivity contribution in [2.24, 2.45) is 5.92 Å². The molecule has 2 aromatic rings. The summed E-state index contributed by atoms with van der Waals surface area (Å²) in [6, 6.07) is 11.6. The maximum Gasteiger partial charge on any atom is 0.262 e. The van der Waals surface area contributed by atoms with Crippen LogP contribution in [0.5, 0.6) is 5.75 Å². The zero-order valence-electron chi connectivity index (χ0n) is 17.6. The molecule has 2 heterocycles. The molecule has 0 aromatic heterocycles. The lowest BCUT2D eigenvalue weighted by atomic mass is 9.97. The molecule has 0 aliphatic carbocycles. The summed E-state index contributed by atoms with van der Waals surface area (Å²) in [6.45, 7) is 4.55. The molecule has 0 saturated carbocycles. The number of nitrogens with zero attached hydrogens (tertiary/aromatic N) is 2. The number of methoxy groups -OCH3 is 1. The molecule has 0 unspecified atom stereocenters. The minimum atomic E-state index is -0.828. The topological polar surface area (TPSA) is 66.9 Å². The van der Waals surface area contributed by atoms with Crippen molar-refractivity contribution in [3.63, 3.8) is 0 Å². The third kappa shape index (κ3) is 3.36. The molecule has 2 aliphatic rings. The molecule has 0 saturated heterocycles. The molecule has 6 nitrogen and oxygen atoms in total. The van der Waals surface area contributed by atoms with E-state index in [2.05, 4.69) is 0 Å². The number of hydrogen-bond donors (Lipinski definition) is 0. The Bertz CT molecular complexity index is 979. The van der Waals surface area contributed by atoms with E-state index in [-0.39, 0.29) is 23.6 Å². The number of amides is 3. The van der Waals surface area contributed by atoms with Crippen LogP contribution in [-0.4, -0.2) is 42.3 Å². The lowest BCUT2D eigenvalue weighted by Crippen LogP contribution is -2.52. The van der Waals surface area contributed by atoms with Crippen LogP contribution in [0.15, 0.2) is 42.5 Å². The quantitative estimate of drug-likeness (QED) is 0.711. The normalized spacial score (nSPS) is 16.5. The number of rotatable bonds is 5. The van der Waals surface area contributed by atoms with Crippen LogP contribution < -0.4 is 9.64 Å². The van der Waals surface area contributed by atoms with Crippen LogP contribution in [0.3, 0.4) is 0 Å². The van der Waals surface area contributed by atoms with Gasteiger partial charge in [0.1, 0.15) is 11.8 Å². The lowest BCUT2D eigenvalue weighted by Gasteiger charge is -2.35. The average Bonchev–Trinajstić information content (AvgIpc) is 3.01. The largest absolute Gasteiger partial charge is 0.497 e. The zero-order chi connectivity index (χ0) is 21.4. The van der Waals surface area contributed by atoms with Crippen LogP contribution in [-0.2, 0) is 11.2 Å². The summed E-state index contributed by atoms with van der Waals surface area (Å²) >= 11 is 0. The summed E-state index contributed by atoms with van der Waals surface area (Å²) in [6.07, 6.45) is 2.10. The highest BCUT2D eigenvalue weighted by atomic mass is 16.5. The Hall–Kier alpha value is -3.15. The van der Waals surface area contributed by atoms with E-state index in [9.17, 15) is 14.4 Å². The second-order valence-electron chi connectivity index (χ2n) is 8.26. The summed E-state index contributed by atoms with van der Waals surface area (Å²) in [5.74, 6) is -0.0852. The standard InChI is InChI=1S/C24H26N2O4/c1-15(2)13-21(26-22(27)18-8-4-5-9-19(18)23(26)28)24(29)25-12-6-7-16-14-17(30-3)10-11-20(16)25/h4-5,8-11,14-15,21H,6-7,12-13H2,1-3H3/t21-/m0/s1. The van der Waals surface area contributed by atoms with Gasteiger partial charge in [-0.25, -0.2) is 0 Å². The Morgan fingerprint density at radius 3 is 2.33 bits per heavy atom. The minimum absolute atomic E-state index is 0.142. The van der Waals surface area contributed by atoms with Crippen molar-refractivity contribution < 1.29 is 19.1 Å². The molecule has 2 aliphatic heterocycles. The van der Waals surface area contributed by atoms with Gasteiger partial charge in [-0.1, -0.05) is 26.0 Å². The van der Waals surface area contributed by atoms with E-state index in [1.165, 1.54) is 4.90 Å². The number of fused-ring (bicyclic) bond motifs is 2. The van der Waals surface area contributed by atoms with Crippen molar-refractivity contribution in [3.8, 4) is 5.75 Å². The van der Waals surface area contributed by atoms with Gasteiger partial charge in [0.2, 0.25) is 5.91 Å². The molecule has 6 heteroatoms. The molecule has 0 N–H and O–H groups in total. The molecule has 2 aromatic carbocycles. The average molecular weight is 406 g/mol. The summed E-state index contributed by atoms with van der Waals surface area (Å²) in [4.78, 5) is 42.8. The molecular formula is C24H26N2O4. The smallest absolute Gasteiger partial charge is 0.262 e. The lowest BCUT2D eigenvalue weighted by molar-refractivity contribution is -0.123. The highest BCUT2D eigenvalue weighted by Gasteiger charge is 2.44. The van der Waals surface area contributed by atoms with E-state index in [1.807, 2.05) is 32.0 Å². The van der Waals surface area contributed by atoms with Crippen molar-refractivity contribution in [1.29, 1.82) is 0 Å². The van der Waals surface area contributed by atoms with Crippen LogP contribution in [0.4, 0.5) is 5.69 Å². The van der Waals surface area contributed by atoms with Crippen molar-refractivity contribution >= 4 is 23.4 Å². The van der Waals surface area contributed by atoms with Gasteiger partial charge in [-0.15, -0.1) is 0 Å². The Labute approximate surface area is 176 Å². The predicted octanol–water partition coefficient (Wildman–Crippen LogP) is 3.69. The van der Waals surface area contributed by atoms with Gasteiger partial charge in [-0.2, -0.15) is 0 Å². The van der Waals surface area contributed by atoms with Crippen molar-refractivity contribution in [1.82, 2.24) is 4.90 Å². The summed E-state index contributed by atoms with van der Waals surface area (Å²) in [5.41, 5.74) is 2.61. The summed E-state index contributed by atoms with van der Waals surface area (Å²) < 4.78 is 5.32. The van der Waals surface area contributed by atoms with Gasteiger partial charge in [0.25, 0.3) is 11.8 Å². The SMILES string of the molecule is COc1ccc2c(c1)CCCN2C(=O)[C@H](CC(C)C)N1C(=O)c2ccccc2C1=O. The molecular weight excluding hydrogens is 380 g/mol. The van der Waals surface area contributed by atoms with Crippen molar-refractivity contribution in [2.75, 3.05) is 18.6 Å². The van der Waals surface area contributed by atoms with Crippen LogP contribution in [0, 0.1) is 5.92 Å². The van der Waals surface area contributed by atoms with Crippen LogP contribution in [0.2, 0.25) is 0 Å². The van der Waals surface area contributed by atoms with Crippen molar-refractivity contribution in [3.05, 3.63) is 59.2 Å². The number of hydrogen-bond acceptors (Lipinski definition) is 4. The molecule has 4 rings (SSSR count). The fourth-order valence-electron chi connectivity index (χ4n) is 4.36. The van der Waals surface area contributed by atoms with Gasteiger partial charge in [-0.05, 0) is 61.1 Å². The Morgan fingerprint density at radius 2 is 1.73 bits per heavy atom. The van der Waals surface area contributed by atoms with E-state index in [1.54, 1.807) is 36.3 Å². The Kier molecular flexibility index (Phi) is 5.33. The van der Waals surface area contributed by atoms with Crippen LogP contribution >= 0.6 is 0 Å². The molecule has 0 bridgehead atoms. The van der Waals surface area contributed by atoms with E-state index < -0.39 is 6.04 Å². The van der Waals surface area contributed by atoms with Gasteiger partial charge in [-0.3, -0.25) is 19.3 Å². The number of aryl methyl sites for hydroxylation is 1. The number of imide groups is 1. The monoisotopic (exact) mass is 406 g/mol. The maximum atomic E-state index is 13.7. The third-order valence-electron chi connectivity index (χ3n) is 5.79. The van der Waals surface area contributed by atoms with Crippen LogP contribution in [0.1, 0.15) is 53.0 Å².